The van der Waals surface area contributed by atoms with Crippen molar-refractivity contribution in [2.24, 2.45) is 0 Å². The predicted molar refractivity (Wildman–Crippen MR) is 95.9 cm³/mol. The maximum absolute atomic E-state index is 12.7. The molecule has 1 atom stereocenters. The van der Waals surface area contributed by atoms with Crippen LogP contribution in [0.4, 0.5) is 13.2 Å². The average Bonchev–Trinajstić information content (AvgIpc) is 3.46. The second kappa shape index (κ2) is 7.29. The van der Waals surface area contributed by atoms with E-state index < -0.39 is 18.8 Å². The number of aliphatic hydroxyl groups excluding tert-OH is 1. The van der Waals surface area contributed by atoms with Crippen molar-refractivity contribution in [3.8, 4) is 0 Å². The smallest absolute Gasteiger partial charge is 0.394 e. The number of carbonyl (C=O) groups is 1. The van der Waals surface area contributed by atoms with Crippen molar-refractivity contribution >= 4 is 16.9 Å². The molecule has 0 aromatic carbocycles. The molecule has 2 heterocycles. The highest BCUT2D eigenvalue weighted by Crippen LogP contribution is 2.39. The second-order valence-corrected chi connectivity index (χ2v) is 7.56. The van der Waals surface area contributed by atoms with Gasteiger partial charge in [0.15, 0.2) is 5.65 Å². The molecule has 0 saturated heterocycles. The Morgan fingerprint density at radius 2 is 2.00 bits per heavy atom. The number of amides is 1. The van der Waals surface area contributed by atoms with E-state index in [9.17, 15) is 18.0 Å². The van der Waals surface area contributed by atoms with Crippen LogP contribution in [0.15, 0.2) is 24.4 Å². The van der Waals surface area contributed by atoms with Crippen LogP contribution in [0.25, 0.3) is 11.0 Å². The number of aromatic nitrogens is 2. The molecule has 2 aromatic rings. The molecule has 0 bridgehead atoms. The molecule has 1 amide bonds. The predicted octanol–water partition coefficient (Wildman–Crippen LogP) is 2.28. The fourth-order valence-electron chi connectivity index (χ4n) is 3.43. The summed E-state index contributed by atoms with van der Waals surface area (Å²) in [6, 6.07) is 3.07. The monoisotopic (exact) mass is 394 g/mol. The van der Waals surface area contributed by atoms with Crippen molar-refractivity contribution < 1.29 is 23.1 Å². The van der Waals surface area contributed by atoms with Crippen molar-refractivity contribution in [2.45, 2.75) is 55.9 Å². The van der Waals surface area contributed by atoms with E-state index in [0.717, 1.165) is 23.9 Å². The van der Waals surface area contributed by atoms with Crippen LogP contribution in [0.3, 0.4) is 0 Å². The zero-order valence-corrected chi connectivity index (χ0v) is 15.0. The Kier molecular flexibility index (Phi) is 4.96. The van der Waals surface area contributed by atoms with Gasteiger partial charge in [0.25, 0.3) is 5.91 Å². The number of aliphatic hydroxyl groups is 1. The largest absolute Gasteiger partial charge is 0.406 e. The summed E-state index contributed by atoms with van der Waals surface area (Å²) in [5.41, 5.74) is 2.04. The first-order valence-electron chi connectivity index (χ1n) is 9.34. The molecule has 2 aromatic heterocycles. The van der Waals surface area contributed by atoms with E-state index in [0.29, 0.717) is 30.0 Å². The van der Waals surface area contributed by atoms with Gasteiger partial charge in [-0.05, 0) is 43.9 Å². The number of pyridine rings is 2. The van der Waals surface area contributed by atoms with E-state index in [1.807, 2.05) is 12.1 Å². The number of rotatable bonds is 6. The lowest BCUT2D eigenvalue weighted by Gasteiger charge is -2.38. The summed E-state index contributed by atoms with van der Waals surface area (Å²) in [5, 5.41) is 14.8. The molecule has 0 radical (unpaired) electrons. The van der Waals surface area contributed by atoms with E-state index in [1.165, 1.54) is 6.20 Å². The zero-order valence-electron chi connectivity index (χ0n) is 15.0. The average molecular weight is 394 g/mol. The third-order valence-electron chi connectivity index (χ3n) is 5.31. The molecular formula is C19H21F3N4O2. The summed E-state index contributed by atoms with van der Waals surface area (Å²) in [5.74, 6) is 0.218. The first kappa shape index (κ1) is 19.1. The Labute approximate surface area is 159 Å². The van der Waals surface area contributed by atoms with Gasteiger partial charge < -0.3 is 15.7 Å². The summed E-state index contributed by atoms with van der Waals surface area (Å²) >= 11 is 0. The Balaban J connectivity index is 1.32. The van der Waals surface area contributed by atoms with E-state index in [1.54, 1.807) is 6.07 Å². The maximum Gasteiger partial charge on any atom is 0.406 e. The Morgan fingerprint density at radius 1 is 1.25 bits per heavy atom. The van der Waals surface area contributed by atoms with Gasteiger partial charge >= 0.3 is 6.18 Å². The van der Waals surface area contributed by atoms with Crippen LogP contribution in [-0.4, -0.2) is 51.9 Å². The number of hydrogen-bond acceptors (Lipinski definition) is 5. The Bertz CT molecular complexity index is 879. The summed E-state index contributed by atoms with van der Waals surface area (Å²) in [4.78, 5) is 21.2. The third kappa shape index (κ3) is 4.10. The van der Waals surface area contributed by atoms with Crippen molar-refractivity contribution in [2.75, 3.05) is 6.61 Å². The Morgan fingerprint density at radius 3 is 2.64 bits per heavy atom. The van der Waals surface area contributed by atoms with Crippen LogP contribution in [0.5, 0.6) is 0 Å². The highest BCUT2D eigenvalue weighted by atomic mass is 19.4. The number of carbonyl (C=O) groups excluding carboxylic acids is 1. The zero-order chi connectivity index (χ0) is 19.9. The van der Waals surface area contributed by atoms with E-state index in [-0.39, 0.29) is 18.0 Å². The molecule has 150 valence electrons. The molecule has 2 saturated carbocycles. The second-order valence-electron chi connectivity index (χ2n) is 7.56. The highest BCUT2D eigenvalue weighted by Gasteiger charge is 2.42. The van der Waals surface area contributed by atoms with Crippen LogP contribution >= 0.6 is 0 Å². The lowest BCUT2D eigenvalue weighted by Crippen LogP contribution is -2.58. The van der Waals surface area contributed by atoms with Crippen LogP contribution in [0.2, 0.25) is 0 Å². The van der Waals surface area contributed by atoms with Gasteiger partial charge in [-0.15, -0.1) is 0 Å². The summed E-state index contributed by atoms with van der Waals surface area (Å²) in [6.07, 6.45) is 0.0439. The quantitative estimate of drug-likeness (QED) is 0.700. The van der Waals surface area contributed by atoms with Gasteiger partial charge in [-0.3, -0.25) is 4.79 Å². The van der Waals surface area contributed by atoms with Gasteiger partial charge in [-0.25, -0.2) is 9.97 Å². The van der Waals surface area contributed by atoms with Gasteiger partial charge in [0.2, 0.25) is 0 Å². The molecule has 0 spiro atoms. The first-order chi connectivity index (χ1) is 13.3. The maximum atomic E-state index is 12.7. The number of nitrogens with zero attached hydrogens (tertiary/aromatic N) is 2. The van der Waals surface area contributed by atoms with Crippen molar-refractivity contribution in [1.29, 1.82) is 0 Å². The van der Waals surface area contributed by atoms with Crippen LogP contribution in [0.1, 0.15) is 47.7 Å². The molecule has 9 heteroatoms. The summed E-state index contributed by atoms with van der Waals surface area (Å²) in [7, 11) is 0. The molecule has 2 aliphatic rings. The Hall–Kier alpha value is -2.26. The third-order valence-corrected chi connectivity index (χ3v) is 5.31. The molecule has 28 heavy (non-hydrogen) atoms. The molecule has 2 aliphatic carbocycles. The van der Waals surface area contributed by atoms with Gasteiger partial charge in [-0.1, -0.05) is 0 Å². The van der Waals surface area contributed by atoms with Gasteiger partial charge in [0, 0.05) is 35.3 Å². The van der Waals surface area contributed by atoms with Crippen LogP contribution < -0.4 is 10.6 Å². The van der Waals surface area contributed by atoms with E-state index >= 15 is 0 Å². The first-order valence-corrected chi connectivity index (χ1v) is 9.34. The molecule has 0 aliphatic heterocycles. The van der Waals surface area contributed by atoms with Crippen LogP contribution in [0, 0.1) is 0 Å². The lowest BCUT2D eigenvalue weighted by molar-refractivity contribution is -0.167. The minimum Gasteiger partial charge on any atom is -0.394 e. The molecular weight excluding hydrogens is 373 g/mol. The number of nitrogens with one attached hydrogen (secondary N) is 2. The standard InChI is InChI=1S/C19H21F3N4O2/c20-19(21,22)16(9-27)24-13-6-14(7-13)25-18(28)12-5-11-3-4-15(10-1-2-10)26-17(11)23-8-12/h3-5,8,10,13-14,16,24,27H,1-2,6-7,9H2,(H,25,28)/t13-,14-,16-/m1/s1. The summed E-state index contributed by atoms with van der Waals surface area (Å²) < 4.78 is 38.0. The molecule has 0 unspecified atom stereocenters. The number of fused-ring (bicyclic) bond motifs is 1. The SMILES string of the molecule is O=C(N[C@H]1C[C@H](N[C@H](CO)C(F)(F)F)C1)c1cnc2nc(C3CC3)ccc2c1. The van der Waals surface area contributed by atoms with E-state index in [4.69, 9.17) is 5.11 Å². The van der Waals surface area contributed by atoms with Gasteiger partial charge in [-0.2, -0.15) is 13.2 Å². The van der Waals surface area contributed by atoms with Crippen molar-refractivity contribution in [3.05, 3.63) is 35.7 Å². The van der Waals surface area contributed by atoms with Crippen LogP contribution in [-0.2, 0) is 0 Å². The van der Waals surface area contributed by atoms with Gasteiger partial charge in [0.05, 0.1) is 12.2 Å². The minimum absolute atomic E-state index is 0.205. The van der Waals surface area contributed by atoms with Crippen molar-refractivity contribution in [3.63, 3.8) is 0 Å². The van der Waals surface area contributed by atoms with E-state index in [2.05, 4.69) is 20.6 Å². The fraction of sp³-hybridized carbons (Fsp3) is 0.526. The lowest BCUT2D eigenvalue weighted by atomic mass is 9.86. The minimum atomic E-state index is -4.49. The molecule has 2 fully saturated rings. The highest BCUT2D eigenvalue weighted by molar-refractivity contribution is 5.97. The molecule has 4 rings (SSSR count). The fourth-order valence-corrected chi connectivity index (χ4v) is 3.43. The molecule has 6 nitrogen and oxygen atoms in total. The van der Waals surface area contributed by atoms with Gasteiger partial charge in [0.1, 0.15) is 6.04 Å². The summed E-state index contributed by atoms with van der Waals surface area (Å²) in [6.45, 7) is -1.00. The number of alkyl halides is 3. The number of hydrogen-bond donors (Lipinski definition) is 3. The van der Waals surface area contributed by atoms with Crippen molar-refractivity contribution in [1.82, 2.24) is 20.6 Å². The normalized spacial score (nSPS) is 23.3. The molecule has 3 N–H and O–H groups in total. The topological polar surface area (TPSA) is 87.1 Å². The number of halogens is 3.